The van der Waals surface area contributed by atoms with Gasteiger partial charge in [-0.3, -0.25) is 0 Å². The van der Waals surface area contributed by atoms with E-state index in [1.54, 1.807) is 0 Å². The van der Waals surface area contributed by atoms with Gasteiger partial charge < -0.3 is 9.32 Å². The SMILES string of the molecule is c1ccc(-c2ccc(N(c3ccc(-c4ccccc4)cc3)c3ccccc3-c3cccc4c3oc3ccc5ccccc5c34)cc2)cc1. The smallest absolute Gasteiger partial charge is 0.143 e. The second kappa shape index (κ2) is 11.8. The van der Waals surface area contributed by atoms with Gasteiger partial charge in [0.05, 0.1) is 5.69 Å². The van der Waals surface area contributed by atoms with Gasteiger partial charge in [0, 0.05) is 33.3 Å². The number of fused-ring (bicyclic) bond motifs is 5. The monoisotopic (exact) mass is 613 g/mol. The maximum atomic E-state index is 6.70. The Labute approximate surface area is 279 Å². The van der Waals surface area contributed by atoms with E-state index in [0.29, 0.717) is 0 Å². The van der Waals surface area contributed by atoms with E-state index in [-0.39, 0.29) is 0 Å². The van der Waals surface area contributed by atoms with E-state index in [1.807, 2.05) is 0 Å². The van der Waals surface area contributed by atoms with Gasteiger partial charge >= 0.3 is 0 Å². The Hall–Kier alpha value is -6.38. The van der Waals surface area contributed by atoms with Crippen LogP contribution in [0.1, 0.15) is 0 Å². The Balaban J connectivity index is 1.23. The van der Waals surface area contributed by atoms with Crippen molar-refractivity contribution >= 4 is 49.8 Å². The molecule has 0 amide bonds. The standard InChI is InChI=1S/C46H31NO/c1-3-12-32(13-4-1)34-22-27-37(28-23-34)47(38-29-24-35(25-30-38)33-14-5-2-6-15-33)43-21-10-9-18-40(43)41-19-11-20-42-45-39-17-8-7-16-36(39)26-31-44(45)48-46(41)42/h1-31H. The van der Waals surface area contributed by atoms with Crippen LogP contribution in [-0.2, 0) is 0 Å². The van der Waals surface area contributed by atoms with Crippen LogP contribution in [0.5, 0.6) is 0 Å². The molecule has 9 rings (SSSR count). The van der Waals surface area contributed by atoms with E-state index in [0.717, 1.165) is 50.1 Å². The van der Waals surface area contributed by atoms with Crippen molar-refractivity contribution in [2.45, 2.75) is 0 Å². The second-order valence-electron chi connectivity index (χ2n) is 12.1. The van der Waals surface area contributed by atoms with Gasteiger partial charge in [0.15, 0.2) is 0 Å². The minimum absolute atomic E-state index is 0.898. The van der Waals surface area contributed by atoms with E-state index in [9.17, 15) is 0 Å². The molecule has 0 fully saturated rings. The molecular formula is C46H31NO. The van der Waals surface area contributed by atoms with Crippen LogP contribution < -0.4 is 4.90 Å². The van der Waals surface area contributed by atoms with Gasteiger partial charge in [-0.15, -0.1) is 0 Å². The van der Waals surface area contributed by atoms with Crippen molar-refractivity contribution < 1.29 is 4.42 Å². The highest BCUT2D eigenvalue weighted by Crippen LogP contribution is 2.45. The predicted molar refractivity (Wildman–Crippen MR) is 202 cm³/mol. The maximum Gasteiger partial charge on any atom is 0.143 e. The zero-order chi connectivity index (χ0) is 31.9. The molecule has 1 aromatic heterocycles. The van der Waals surface area contributed by atoms with Gasteiger partial charge in [0.2, 0.25) is 0 Å². The number of hydrogen-bond donors (Lipinski definition) is 0. The number of hydrogen-bond acceptors (Lipinski definition) is 2. The van der Waals surface area contributed by atoms with Crippen LogP contribution in [-0.4, -0.2) is 0 Å². The summed E-state index contributed by atoms with van der Waals surface area (Å²) >= 11 is 0. The zero-order valence-electron chi connectivity index (χ0n) is 26.3. The van der Waals surface area contributed by atoms with Gasteiger partial charge in [-0.2, -0.15) is 0 Å². The first-order valence-corrected chi connectivity index (χ1v) is 16.4. The third-order valence-corrected chi connectivity index (χ3v) is 9.29. The Kier molecular flexibility index (Phi) is 6.84. The molecule has 226 valence electrons. The fourth-order valence-corrected chi connectivity index (χ4v) is 6.97. The van der Waals surface area contributed by atoms with Crippen LogP contribution in [0.4, 0.5) is 17.1 Å². The second-order valence-corrected chi connectivity index (χ2v) is 12.1. The lowest BCUT2D eigenvalue weighted by atomic mass is 9.97. The van der Waals surface area contributed by atoms with Crippen molar-refractivity contribution in [2.24, 2.45) is 0 Å². The van der Waals surface area contributed by atoms with Gasteiger partial charge in [-0.25, -0.2) is 0 Å². The van der Waals surface area contributed by atoms with Gasteiger partial charge in [0.1, 0.15) is 11.2 Å². The maximum absolute atomic E-state index is 6.70. The molecule has 2 heteroatoms. The van der Waals surface area contributed by atoms with Crippen LogP contribution in [0, 0.1) is 0 Å². The van der Waals surface area contributed by atoms with Crippen molar-refractivity contribution in [2.75, 3.05) is 4.90 Å². The number of rotatable bonds is 6. The average Bonchev–Trinajstić information content (AvgIpc) is 3.56. The molecule has 0 saturated heterocycles. The summed E-state index contributed by atoms with van der Waals surface area (Å²) in [6.07, 6.45) is 0. The normalized spacial score (nSPS) is 11.3. The summed E-state index contributed by atoms with van der Waals surface area (Å²) in [5.74, 6) is 0. The predicted octanol–water partition coefficient (Wildman–Crippen LogP) is 13.2. The highest BCUT2D eigenvalue weighted by Gasteiger charge is 2.21. The Bertz CT molecular complexity index is 2450. The molecule has 0 aliphatic rings. The first kappa shape index (κ1) is 27.9. The molecule has 0 saturated carbocycles. The molecule has 0 unspecified atom stereocenters. The molecular weight excluding hydrogens is 583 g/mol. The fourth-order valence-electron chi connectivity index (χ4n) is 6.97. The summed E-state index contributed by atoms with van der Waals surface area (Å²) in [6, 6.07) is 66.8. The van der Waals surface area contributed by atoms with E-state index in [2.05, 4.69) is 193 Å². The fraction of sp³-hybridized carbons (Fsp3) is 0. The van der Waals surface area contributed by atoms with Gasteiger partial charge in [-0.1, -0.05) is 152 Å². The van der Waals surface area contributed by atoms with Crippen molar-refractivity contribution in [1.82, 2.24) is 0 Å². The molecule has 2 nitrogen and oxygen atoms in total. The molecule has 0 radical (unpaired) electrons. The van der Waals surface area contributed by atoms with Crippen molar-refractivity contribution in [3.63, 3.8) is 0 Å². The van der Waals surface area contributed by atoms with Crippen LogP contribution >= 0.6 is 0 Å². The number of benzene rings is 8. The third kappa shape index (κ3) is 4.83. The summed E-state index contributed by atoms with van der Waals surface area (Å²) in [5, 5.41) is 4.70. The number of furan rings is 1. The lowest BCUT2D eigenvalue weighted by molar-refractivity contribution is 0.670. The molecule has 0 atom stereocenters. The topological polar surface area (TPSA) is 16.4 Å². The van der Waals surface area contributed by atoms with Crippen LogP contribution in [0.15, 0.2) is 192 Å². The molecule has 0 aliphatic heterocycles. The van der Waals surface area contributed by atoms with Crippen molar-refractivity contribution in [3.8, 4) is 33.4 Å². The summed E-state index contributed by atoms with van der Waals surface area (Å²) in [4.78, 5) is 2.36. The van der Waals surface area contributed by atoms with Crippen LogP contribution in [0.25, 0.3) is 66.1 Å². The zero-order valence-corrected chi connectivity index (χ0v) is 26.3. The lowest BCUT2D eigenvalue weighted by Gasteiger charge is -2.28. The Morgan fingerprint density at radius 3 is 1.54 bits per heavy atom. The summed E-state index contributed by atoms with van der Waals surface area (Å²) < 4.78 is 6.70. The lowest BCUT2D eigenvalue weighted by Crippen LogP contribution is -2.11. The van der Waals surface area contributed by atoms with Crippen molar-refractivity contribution in [1.29, 1.82) is 0 Å². The minimum Gasteiger partial charge on any atom is -0.455 e. The first-order chi connectivity index (χ1) is 23.8. The van der Waals surface area contributed by atoms with E-state index in [4.69, 9.17) is 4.42 Å². The van der Waals surface area contributed by atoms with Gasteiger partial charge in [0.25, 0.3) is 0 Å². The summed E-state index contributed by atoms with van der Waals surface area (Å²) in [6.45, 7) is 0. The van der Waals surface area contributed by atoms with E-state index >= 15 is 0 Å². The molecule has 9 aromatic rings. The Morgan fingerprint density at radius 2 is 0.875 bits per heavy atom. The van der Waals surface area contributed by atoms with Crippen molar-refractivity contribution in [3.05, 3.63) is 188 Å². The molecule has 0 bridgehead atoms. The van der Waals surface area contributed by atoms with Crippen LogP contribution in [0.2, 0.25) is 0 Å². The first-order valence-electron chi connectivity index (χ1n) is 16.4. The average molecular weight is 614 g/mol. The summed E-state index contributed by atoms with van der Waals surface area (Å²) in [5.41, 5.74) is 12.0. The van der Waals surface area contributed by atoms with Crippen LogP contribution in [0.3, 0.4) is 0 Å². The molecule has 0 spiro atoms. The molecule has 0 N–H and O–H groups in total. The molecule has 48 heavy (non-hydrogen) atoms. The van der Waals surface area contributed by atoms with E-state index in [1.165, 1.54) is 33.0 Å². The highest BCUT2D eigenvalue weighted by atomic mass is 16.3. The molecule has 0 aliphatic carbocycles. The molecule has 8 aromatic carbocycles. The largest absolute Gasteiger partial charge is 0.455 e. The van der Waals surface area contributed by atoms with Gasteiger partial charge in [-0.05, 0) is 69.4 Å². The number of anilines is 3. The number of nitrogens with zero attached hydrogens (tertiary/aromatic N) is 1. The summed E-state index contributed by atoms with van der Waals surface area (Å²) in [7, 11) is 0. The third-order valence-electron chi connectivity index (χ3n) is 9.29. The number of para-hydroxylation sites is 2. The Morgan fingerprint density at radius 1 is 0.354 bits per heavy atom. The van der Waals surface area contributed by atoms with E-state index < -0.39 is 0 Å². The molecule has 1 heterocycles. The minimum atomic E-state index is 0.898. The highest BCUT2D eigenvalue weighted by molar-refractivity contribution is 6.21. The quantitative estimate of drug-likeness (QED) is 0.185.